The molecule has 3 aromatic rings. The zero-order valence-corrected chi connectivity index (χ0v) is 19.5. The standard InChI is InChI=1S/C26H22BrN3O2/c1-3-29(4-2)20-9-11-22-24(13-20)32-25-14-21(31)10-12-23(25)26(22)17-15-28-30(16-17)19-7-5-18(27)6-8-19/h5-16H,3-4H2,1-2H3. The molecule has 0 saturated carbocycles. The number of fused-ring (bicyclic) bond motifs is 2. The first-order valence-corrected chi connectivity index (χ1v) is 11.4. The first kappa shape index (κ1) is 20.5. The van der Waals surface area contributed by atoms with Crippen LogP contribution in [0.5, 0.6) is 0 Å². The van der Waals surface area contributed by atoms with Crippen LogP contribution in [0.3, 0.4) is 0 Å². The molecule has 0 saturated heterocycles. The van der Waals surface area contributed by atoms with E-state index in [2.05, 4.69) is 58.0 Å². The Labute approximate surface area is 194 Å². The van der Waals surface area contributed by atoms with Gasteiger partial charge in [0.05, 0.1) is 11.9 Å². The van der Waals surface area contributed by atoms with Crippen LogP contribution in [-0.4, -0.2) is 22.9 Å². The molecule has 6 heteroatoms. The highest BCUT2D eigenvalue weighted by molar-refractivity contribution is 9.10. The normalized spacial score (nSPS) is 11.3. The molecule has 0 fully saturated rings. The molecular formula is C26H22BrN3O2. The van der Waals surface area contributed by atoms with Gasteiger partial charge in [-0.15, -0.1) is 0 Å². The number of hydrogen-bond acceptors (Lipinski definition) is 4. The van der Waals surface area contributed by atoms with Gasteiger partial charge in [-0.2, -0.15) is 5.10 Å². The lowest BCUT2D eigenvalue weighted by atomic mass is 9.95. The molecule has 0 N–H and O–H groups in total. The molecule has 5 rings (SSSR count). The van der Waals surface area contributed by atoms with Crippen LogP contribution in [0.25, 0.3) is 39.1 Å². The van der Waals surface area contributed by atoms with E-state index in [1.165, 1.54) is 0 Å². The van der Waals surface area contributed by atoms with Crippen molar-refractivity contribution in [3.05, 3.63) is 87.8 Å². The van der Waals surface area contributed by atoms with Gasteiger partial charge in [-0.05, 0) is 62.4 Å². The third-order valence-corrected chi connectivity index (χ3v) is 6.30. The summed E-state index contributed by atoms with van der Waals surface area (Å²) in [4.78, 5) is 14.3. The minimum Gasteiger partial charge on any atom is -0.456 e. The molecule has 2 aliphatic rings. The van der Waals surface area contributed by atoms with Crippen molar-refractivity contribution in [1.82, 2.24) is 9.78 Å². The molecule has 0 radical (unpaired) electrons. The van der Waals surface area contributed by atoms with E-state index in [1.807, 2.05) is 47.4 Å². The van der Waals surface area contributed by atoms with E-state index in [0.717, 1.165) is 56.6 Å². The van der Waals surface area contributed by atoms with Crippen LogP contribution in [0.1, 0.15) is 13.8 Å². The van der Waals surface area contributed by atoms with Crippen LogP contribution in [0.15, 0.2) is 86.7 Å². The molecule has 0 bridgehead atoms. The summed E-state index contributed by atoms with van der Waals surface area (Å²) >= 11 is 3.48. The van der Waals surface area contributed by atoms with Gasteiger partial charge in [0.2, 0.25) is 0 Å². The number of aromatic nitrogens is 2. The minimum atomic E-state index is -0.0722. The van der Waals surface area contributed by atoms with Crippen molar-refractivity contribution >= 4 is 32.6 Å². The summed E-state index contributed by atoms with van der Waals surface area (Å²) < 4.78 is 9.09. The number of rotatable bonds is 5. The number of benzene rings is 3. The lowest BCUT2D eigenvalue weighted by molar-refractivity contribution is 0.619. The van der Waals surface area contributed by atoms with Crippen molar-refractivity contribution in [2.24, 2.45) is 0 Å². The van der Waals surface area contributed by atoms with E-state index in [4.69, 9.17) is 4.42 Å². The van der Waals surface area contributed by atoms with E-state index in [0.29, 0.717) is 5.76 Å². The zero-order chi connectivity index (χ0) is 22.2. The summed E-state index contributed by atoms with van der Waals surface area (Å²) in [6.07, 6.45) is 3.88. The van der Waals surface area contributed by atoms with E-state index in [1.54, 1.807) is 12.1 Å². The predicted molar refractivity (Wildman–Crippen MR) is 133 cm³/mol. The van der Waals surface area contributed by atoms with Gasteiger partial charge in [0.1, 0.15) is 11.3 Å². The number of hydrogen-bond donors (Lipinski definition) is 0. The smallest absolute Gasteiger partial charge is 0.182 e. The molecule has 0 atom stereocenters. The first-order valence-electron chi connectivity index (χ1n) is 10.6. The fraction of sp³-hybridized carbons (Fsp3) is 0.154. The van der Waals surface area contributed by atoms with E-state index < -0.39 is 0 Å². The molecule has 5 nitrogen and oxygen atoms in total. The van der Waals surface area contributed by atoms with Crippen LogP contribution in [-0.2, 0) is 0 Å². The van der Waals surface area contributed by atoms with Gasteiger partial charge < -0.3 is 9.32 Å². The van der Waals surface area contributed by atoms with Gasteiger partial charge in [0.15, 0.2) is 5.43 Å². The Hall–Kier alpha value is -3.38. The van der Waals surface area contributed by atoms with Crippen LogP contribution in [0.4, 0.5) is 5.69 Å². The Balaban J connectivity index is 1.74. The van der Waals surface area contributed by atoms with Crippen LogP contribution in [0.2, 0.25) is 0 Å². The van der Waals surface area contributed by atoms with Gasteiger partial charge in [-0.1, -0.05) is 15.9 Å². The Kier molecular flexibility index (Phi) is 5.31. The third kappa shape index (κ3) is 3.60. The molecule has 1 aromatic heterocycles. The summed E-state index contributed by atoms with van der Waals surface area (Å²) in [5.41, 5.74) is 5.61. The molecular weight excluding hydrogens is 466 g/mol. The molecule has 1 aliphatic heterocycles. The summed E-state index contributed by atoms with van der Waals surface area (Å²) in [5.74, 6) is 0.577. The predicted octanol–water partition coefficient (Wildman–Crippen LogP) is 6.36. The summed E-state index contributed by atoms with van der Waals surface area (Å²) in [6, 6.07) is 19.3. The van der Waals surface area contributed by atoms with Gasteiger partial charge in [0.25, 0.3) is 0 Å². The third-order valence-electron chi connectivity index (χ3n) is 5.77. The second-order valence-electron chi connectivity index (χ2n) is 7.64. The fourth-order valence-corrected chi connectivity index (χ4v) is 4.41. The van der Waals surface area contributed by atoms with Gasteiger partial charge in [-0.3, -0.25) is 4.79 Å². The van der Waals surface area contributed by atoms with Crippen LogP contribution >= 0.6 is 15.9 Å². The number of halogens is 1. The second kappa shape index (κ2) is 8.28. The molecule has 2 aromatic carbocycles. The Morgan fingerprint density at radius 2 is 1.78 bits per heavy atom. The highest BCUT2D eigenvalue weighted by Gasteiger charge is 2.19. The quantitative estimate of drug-likeness (QED) is 0.270. The SMILES string of the molecule is CCN(CC)c1ccc2c(-c3cnn(-c4ccc(Br)cc4)c3)c3ccc(=O)cc-3oc2c1. The van der Waals surface area contributed by atoms with Crippen molar-refractivity contribution in [1.29, 1.82) is 0 Å². The van der Waals surface area contributed by atoms with Crippen LogP contribution in [0, 0.1) is 0 Å². The molecule has 32 heavy (non-hydrogen) atoms. The summed E-state index contributed by atoms with van der Waals surface area (Å²) in [5, 5.41) is 5.59. The first-order chi connectivity index (χ1) is 15.6. The van der Waals surface area contributed by atoms with Gasteiger partial charge in [0, 0.05) is 63.7 Å². The Morgan fingerprint density at radius 1 is 1.00 bits per heavy atom. The maximum Gasteiger partial charge on any atom is 0.182 e. The largest absolute Gasteiger partial charge is 0.456 e. The van der Waals surface area contributed by atoms with E-state index in [-0.39, 0.29) is 5.43 Å². The lowest BCUT2D eigenvalue weighted by Crippen LogP contribution is -2.21. The van der Waals surface area contributed by atoms with Crippen molar-refractivity contribution in [2.45, 2.75) is 13.8 Å². The highest BCUT2D eigenvalue weighted by Crippen LogP contribution is 2.40. The highest BCUT2D eigenvalue weighted by atomic mass is 79.9. The van der Waals surface area contributed by atoms with Crippen LogP contribution < -0.4 is 10.3 Å². The van der Waals surface area contributed by atoms with Crippen molar-refractivity contribution < 1.29 is 4.42 Å². The number of anilines is 1. The molecule has 0 amide bonds. The number of nitrogens with zero attached hydrogens (tertiary/aromatic N) is 3. The van der Waals surface area contributed by atoms with Gasteiger partial charge in [-0.25, -0.2) is 4.68 Å². The molecule has 2 heterocycles. The lowest BCUT2D eigenvalue weighted by Gasteiger charge is -2.22. The summed E-state index contributed by atoms with van der Waals surface area (Å²) in [6.45, 7) is 6.09. The van der Waals surface area contributed by atoms with Crippen molar-refractivity contribution in [3.8, 4) is 28.1 Å². The van der Waals surface area contributed by atoms with Crippen molar-refractivity contribution in [2.75, 3.05) is 18.0 Å². The Bertz CT molecular complexity index is 1430. The average Bonchev–Trinajstić information content (AvgIpc) is 3.28. The molecule has 160 valence electrons. The zero-order valence-electron chi connectivity index (χ0n) is 17.9. The monoisotopic (exact) mass is 487 g/mol. The second-order valence-corrected chi connectivity index (χ2v) is 8.55. The fourth-order valence-electron chi connectivity index (χ4n) is 4.14. The topological polar surface area (TPSA) is 51.3 Å². The van der Waals surface area contributed by atoms with Crippen molar-refractivity contribution in [3.63, 3.8) is 0 Å². The maximum absolute atomic E-state index is 12.1. The molecule has 1 aliphatic carbocycles. The minimum absolute atomic E-state index is 0.0722. The molecule has 0 unspecified atom stereocenters. The molecule has 0 spiro atoms. The average molecular weight is 488 g/mol. The summed E-state index contributed by atoms with van der Waals surface area (Å²) in [7, 11) is 0. The Morgan fingerprint density at radius 3 is 2.53 bits per heavy atom. The van der Waals surface area contributed by atoms with E-state index >= 15 is 0 Å². The maximum atomic E-state index is 12.1. The van der Waals surface area contributed by atoms with E-state index in [9.17, 15) is 4.79 Å². The van der Waals surface area contributed by atoms with Gasteiger partial charge >= 0.3 is 0 Å².